The van der Waals surface area contributed by atoms with Crippen LogP contribution in [-0.4, -0.2) is 48.8 Å². The van der Waals surface area contributed by atoms with Crippen LogP contribution in [0.2, 0.25) is 0 Å². The Labute approximate surface area is 127 Å². The Kier molecular flexibility index (Phi) is 8.22. The number of hydrogen-bond donors (Lipinski definition) is 0. The molecule has 0 unspecified atom stereocenters. The molecule has 9 heteroatoms. The third-order valence-electron chi connectivity index (χ3n) is 2.16. The average molecular weight is 315 g/mol. The van der Waals surface area contributed by atoms with Crippen LogP contribution in [0.5, 0.6) is 0 Å². The van der Waals surface area contributed by atoms with Crippen molar-refractivity contribution in [3.63, 3.8) is 0 Å². The molecule has 9 nitrogen and oxygen atoms in total. The molecule has 0 bridgehead atoms. The normalized spacial score (nSPS) is 13.8. The summed E-state index contributed by atoms with van der Waals surface area (Å²) in [6.07, 6.45) is -4.26. The van der Waals surface area contributed by atoms with Gasteiger partial charge < -0.3 is 18.9 Å². The zero-order chi connectivity index (χ0) is 17.3. The van der Waals surface area contributed by atoms with Crippen molar-refractivity contribution >= 4 is 23.9 Å². The Morgan fingerprint density at radius 3 is 1.73 bits per heavy atom. The second-order valence-electron chi connectivity index (χ2n) is 4.18. The molecule has 0 N–H and O–H groups in total. The standard InChI is InChI=1S/C13H17NO8/c1-7(15)19-6-12(21-9(3)17)13(22-10(4)18)11(5-14)20-8(2)16/h11-13H,6H2,1-4H3/t11-,12+,13+/m0/s1. The molecule has 0 saturated heterocycles. The molecule has 0 aliphatic heterocycles. The van der Waals surface area contributed by atoms with Crippen LogP contribution in [0.3, 0.4) is 0 Å². The minimum atomic E-state index is -1.53. The Morgan fingerprint density at radius 1 is 0.864 bits per heavy atom. The van der Waals surface area contributed by atoms with Crippen LogP contribution in [0.15, 0.2) is 0 Å². The molecular formula is C13H17NO8. The molecule has 0 aliphatic rings. The van der Waals surface area contributed by atoms with Crippen molar-refractivity contribution in [2.75, 3.05) is 6.61 Å². The Morgan fingerprint density at radius 2 is 1.36 bits per heavy atom. The maximum absolute atomic E-state index is 11.2. The van der Waals surface area contributed by atoms with E-state index in [1.807, 2.05) is 0 Å². The summed E-state index contributed by atoms with van der Waals surface area (Å²) in [6, 6.07) is 1.63. The van der Waals surface area contributed by atoms with E-state index in [0.717, 1.165) is 27.7 Å². The average Bonchev–Trinajstić information content (AvgIpc) is 2.37. The van der Waals surface area contributed by atoms with Crippen LogP contribution in [0.1, 0.15) is 27.7 Å². The SMILES string of the molecule is CC(=O)OC[C@@H](OC(C)=O)[C@H](OC(C)=O)[C@H](C#N)OC(C)=O. The summed E-state index contributed by atoms with van der Waals surface area (Å²) in [5.41, 5.74) is 0. The minimum absolute atomic E-state index is 0.466. The van der Waals surface area contributed by atoms with E-state index in [-0.39, 0.29) is 0 Å². The summed E-state index contributed by atoms with van der Waals surface area (Å²) in [5, 5.41) is 9.05. The van der Waals surface area contributed by atoms with Crippen molar-refractivity contribution in [3.05, 3.63) is 0 Å². The van der Waals surface area contributed by atoms with E-state index in [2.05, 4.69) is 0 Å². The van der Waals surface area contributed by atoms with Crippen molar-refractivity contribution in [2.45, 2.75) is 46.0 Å². The monoisotopic (exact) mass is 315 g/mol. The predicted octanol–water partition coefficient (Wildman–Crippen LogP) is -0.132. The summed E-state index contributed by atoms with van der Waals surface area (Å²) >= 11 is 0. The van der Waals surface area contributed by atoms with Gasteiger partial charge in [0.2, 0.25) is 6.10 Å². The molecule has 0 amide bonds. The van der Waals surface area contributed by atoms with E-state index in [9.17, 15) is 19.2 Å². The molecule has 0 spiro atoms. The van der Waals surface area contributed by atoms with Gasteiger partial charge >= 0.3 is 23.9 Å². The van der Waals surface area contributed by atoms with E-state index >= 15 is 0 Å². The number of hydrogen-bond acceptors (Lipinski definition) is 9. The summed E-state index contributed by atoms with van der Waals surface area (Å²) in [5.74, 6) is -3.01. The molecule has 0 aliphatic carbocycles. The highest BCUT2D eigenvalue weighted by Gasteiger charge is 2.38. The van der Waals surface area contributed by atoms with Crippen molar-refractivity contribution in [2.24, 2.45) is 0 Å². The first-order chi connectivity index (χ1) is 10.2. The van der Waals surface area contributed by atoms with Crippen LogP contribution < -0.4 is 0 Å². The zero-order valence-electron chi connectivity index (χ0n) is 12.7. The number of esters is 4. The summed E-state index contributed by atoms with van der Waals surface area (Å²) < 4.78 is 19.2. The van der Waals surface area contributed by atoms with Crippen LogP contribution in [-0.2, 0) is 38.1 Å². The van der Waals surface area contributed by atoms with Crippen molar-refractivity contribution in [1.29, 1.82) is 5.26 Å². The number of ether oxygens (including phenoxy) is 4. The molecule has 0 rings (SSSR count). The maximum Gasteiger partial charge on any atom is 0.304 e. The lowest BCUT2D eigenvalue weighted by Crippen LogP contribution is -2.46. The highest BCUT2D eigenvalue weighted by atomic mass is 16.6. The van der Waals surface area contributed by atoms with Crippen molar-refractivity contribution in [3.8, 4) is 6.07 Å². The number of nitriles is 1. The Hall–Kier alpha value is -2.63. The van der Waals surface area contributed by atoms with Gasteiger partial charge in [-0.2, -0.15) is 5.26 Å². The van der Waals surface area contributed by atoms with Gasteiger partial charge in [0.05, 0.1) is 0 Å². The molecule has 0 heterocycles. The van der Waals surface area contributed by atoms with Gasteiger partial charge in [0, 0.05) is 27.7 Å². The molecule has 3 atom stereocenters. The van der Waals surface area contributed by atoms with Crippen LogP contribution >= 0.6 is 0 Å². The summed E-state index contributed by atoms with van der Waals surface area (Å²) in [6.45, 7) is 3.86. The molecule has 122 valence electrons. The Balaban J connectivity index is 5.36. The smallest absolute Gasteiger partial charge is 0.304 e. The molecule has 0 fully saturated rings. The first kappa shape index (κ1) is 19.4. The predicted molar refractivity (Wildman–Crippen MR) is 68.9 cm³/mol. The van der Waals surface area contributed by atoms with E-state index in [1.165, 1.54) is 0 Å². The lowest BCUT2D eigenvalue weighted by molar-refractivity contribution is -0.184. The lowest BCUT2D eigenvalue weighted by Gasteiger charge is -2.28. The van der Waals surface area contributed by atoms with Crippen LogP contribution in [0.25, 0.3) is 0 Å². The van der Waals surface area contributed by atoms with Gasteiger partial charge in [-0.05, 0) is 0 Å². The maximum atomic E-state index is 11.2. The number of carbonyl (C=O) groups is 4. The third-order valence-corrected chi connectivity index (χ3v) is 2.16. The third kappa shape index (κ3) is 7.84. The largest absolute Gasteiger partial charge is 0.462 e. The zero-order valence-corrected chi connectivity index (χ0v) is 12.7. The van der Waals surface area contributed by atoms with Gasteiger partial charge in [-0.1, -0.05) is 0 Å². The lowest BCUT2D eigenvalue weighted by atomic mass is 10.1. The summed E-state index contributed by atoms with van der Waals surface area (Å²) in [7, 11) is 0. The molecule has 0 aromatic heterocycles. The highest BCUT2D eigenvalue weighted by molar-refractivity contribution is 5.69. The Bertz CT molecular complexity index is 481. The van der Waals surface area contributed by atoms with Gasteiger partial charge in [0.1, 0.15) is 12.7 Å². The first-order valence-electron chi connectivity index (χ1n) is 6.22. The molecule has 0 aromatic carbocycles. The second kappa shape index (κ2) is 9.33. The fourth-order valence-electron chi connectivity index (χ4n) is 1.48. The number of carbonyl (C=O) groups excluding carboxylic acids is 4. The van der Waals surface area contributed by atoms with Crippen LogP contribution in [0.4, 0.5) is 0 Å². The van der Waals surface area contributed by atoms with Crippen LogP contribution in [0, 0.1) is 11.3 Å². The number of nitrogens with zero attached hydrogens (tertiary/aromatic N) is 1. The summed E-state index contributed by atoms with van der Waals surface area (Å²) in [4.78, 5) is 44.2. The van der Waals surface area contributed by atoms with Gasteiger partial charge in [-0.3, -0.25) is 19.2 Å². The van der Waals surface area contributed by atoms with Gasteiger partial charge in [-0.15, -0.1) is 0 Å². The molecular weight excluding hydrogens is 298 g/mol. The number of rotatable bonds is 7. The topological polar surface area (TPSA) is 129 Å². The van der Waals surface area contributed by atoms with E-state index in [0.29, 0.717) is 0 Å². The molecule has 0 aromatic rings. The van der Waals surface area contributed by atoms with Crippen molar-refractivity contribution < 1.29 is 38.1 Å². The van der Waals surface area contributed by atoms with Gasteiger partial charge in [-0.25, -0.2) is 0 Å². The molecule has 0 radical (unpaired) electrons. The first-order valence-corrected chi connectivity index (χ1v) is 6.22. The van der Waals surface area contributed by atoms with E-state index < -0.39 is 48.8 Å². The van der Waals surface area contributed by atoms with Gasteiger partial charge in [0.15, 0.2) is 12.2 Å². The fraction of sp³-hybridized carbons (Fsp3) is 0.615. The quantitative estimate of drug-likeness (QED) is 0.465. The fourth-order valence-corrected chi connectivity index (χ4v) is 1.48. The molecule has 22 heavy (non-hydrogen) atoms. The highest BCUT2D eigenvalue weighted by Crippen LogP contribution is 2.14. The molecule has 0 saturated carbocycles. The van der Waals surface area contributed by atoms with E-state index in [4.69, 9.17) is 24.2 Å². The van der Waals surface area contributed by atoms with Gasteiger partial charge in [0.25, 0.3) is 0 Å². The van der Waals surface area contributed by atoms with Crippen molar-refractivity contribution in [1.82, 2.24) is 0 Å². The van der Waals surface area contributed by atoms with E-state index in [1.54, 1.807) is 6.07 Å². The second-order valence-corrected chi connectivity index (χ2v) is 4.18. The minimum Gasteiger partial charge on any atom is -0.462 e.